The van der Waals surface area contributed by atoms with E-state index >= 15 is 0 Å². The highest BCUT2D eigenvalue weighted by molar-refractivity contribution is 5.85. The van der Waals surface area contributed by atoms with Crippen LogP contribution in [0, 0.1) is 5.82 Å². The molecular weight excluding hydrogens is 283 g/mol. The van der Waals surface area contributed by atoms with Gasteiger partial charge in [0.1, 0.15) is 0 Å². The average Bonchev–Trinajstić information content (AvgIpc) is 2.52. The number of halogens is 2. The largest absolute Gasteiger partial charge is 0.490 e. The first-order chi connectivity index (χ1) is 9.08. The summed E-state index contributed by atoms with van der Waals surface area (Å²) in [5.41, 5.74) is 6.31. The summed E-state index contributed by atoms with van der Waals surface area (Å²) in [6, 6.07) is 4.40. The fraction of sp³-hybridized carbons (Fsp3) is 0.500. The van der Waals surface area contributed by atoms with Crippen molar-refractivity contribution >= 4 is 18.3 Å². The molecule has 2 unspecified atom stereocenters. The number of benzene rings is 1. The zero-order valence-electron chi connectivity index (χ0n) is 11.4. The van der Waals surface area contributed by atoms with E-state index in [1.54, 1.807) is 19.1 Å². The second-order valence-corrected chi connectivity index (χ2v) is 4.95. The molecule has 20 heavy (non-hydrogen) atoms. The van der Waals surface area contributed by atoms with Crippen LogP contribution in [0.3, 0.4) is 0 Å². The Morgan fingerprint density at radius 2 is 2.35 bits per heavy atom. The minimum atomic E-state index is -0.383. The molecule has 1 amide bonds. The molecule has 0 saturated heterocycles. The third-order valence-electron chi connectivity index (χ3n) is 3.10. The van der Waals surface area contributed by atoms with Crippen molar-refractivity contribution in [3.63, 3.8) is 0 Å². The highest BCUT2D eigenvalue weighted by atomic mass is 35.5. The first-order valence-electron chi connectivity index (χ1n) is 6.54. The minimum Gasteiger partial charge on any atom is -0.490 e. The lowest BCUT2D eigenvalue weighted by Crippen LogP contribution is -2.32. The summed E-state index contributed by atoms with van der Waals surface area (Å²) in [6.45, 7) is 2.25. The van der Waals surface area contributed by atoms with E-state index in [2.05, 4.69) is 5.32 Å². The molecule has 1 aliphatic heterocycles. The summed E-state index contributed by atoms with van der Waals surface area (Å²) in [4.78, 5) is 11.8. The van der Waals surface area contributed by atoms with Gasteiger partial charge in [-0.3, -0.25) is 4.79 Å². The summed E-state index contributed by atoms with van der Waals surface area (Å²) in [6.07, 6.45) is 1.78. The third-order valence-corrected chi connectivity index (χ3v) is 3.10. The van der Waals surface area contributed by atoms with Gasteiger partial charge in [-0.05, 0) is 25.8 Å². The molecule has 2 rings (SSSR count). The topological polar surface area (TPSA) is 64.4 Å². The van der Waals surface area contributed by atoms with E-state index in [0.29, 0.717) is 12.2 Å². The highest BCUT2D eigenvalue weighted by Gasteiger charge is 2.23. The molecule has 0 radical (unpaired) electrons. The lowest BCUT2D eigenvalue weighted by Gasteiger charge is -2.19. The van der Waals surface area contributed by atoms with Crippen LogP contribution < -0.4 is 15.8 Å². The van der Waals surface area contributed by atoms with Gasteiger partial charge in [-0.2, -0.15) is 0 Å². The number of carbonyl (C=O) groups is 1. The Labute approximate surface area is 124 Å². The summed E-state index contributed by atoms with van der Waals surface area (Å²) in [5, 5.41) is 2.91. The predicted octanol–water partition coefficient (Wildman–Crippen LogP) is 2.31. The number of para-hydroxylation sites is 1. The Morgan fingerprint density at radius 1 is 1.60 bits per heavy atom. The molecule has 0 spiro atoms. The maximum absolute atomic E-state index is 13.7. The van der Waals surface area contributed by atoms with E-state index in [9.17, 15) is 9.18 Å². The average molecular weight is 303 g/mol. The number of fused-ring (bicyclic) bond motifs is 1. The molecule has 0 aromatic heterocycles. The Hall–Kier alpha value is -1.33. The van der Waals surface area contributed by atoms with Crippen LogP contribution in [-0.4, -0.2) is 18.6 Å². The molecule has 2 atom stereocenters. The number of carbonyl (C=O) groups excluding carboxylic acids is 1. The van der Waals surface area contributed by atoms with Crippen LogP contribution in [0.5, 0.6) is 5.75 Å². The molecule has 1 aromatic rings. The first kappa shape index (κ1) is 16.7. The van der Waals surface area contributed by atoms with Crippen LogP contribution in [0.2, 0.25) is 0 Å². The third kappa shape index (κ3) is 4.08. The lowest BCUT2D eigenvalue weighted by atomic mass is 10.0. The van der Waals surface area contributed by atoms with E-state index in [1.807, 2.05) is 0 Å². The zero-order chi connectivity index (χ0) is 13.8. The van der Waals surface area contributed by atoms with Crippen molar-refractivity contribution in [2.45, 2.75) is 38.3 Å². The number of ether oxygens (including phenoxy) is 1. The van der Waals surface area contributed by atoms with Gasteiger partial charge in [-0.15, -0.1) is 12.4 Å². The normalized spacial score (nSPS) is 18.9. The second kappa shape index (κ2) is 7.45. The van der Waals surface area contributed by atoms with Gasteiger partial charge in [0.15, 0.2) is 11.6 Å². The monoisotopic (exact) mass is 302 g/mol. The van der Waals surface area contributed by atoms with E-state index < -0.39 is 0 Å². The Balaban J connectivity index is 0.00000200. The van der Waals surface area contributed by atoms with Gasteiger partial charge in [0, 0.05) is 18.0 Å². The molecule has 3 N–H and O–H groups in total. The Bertz CT molecular complexity index is 468. The summed E-state index contributed by atoms with van der Waals surface area (Å²) < 4.78 is 19.1. The Morgan fingerprint density at radius 3 is 3.05 bits per heavy atom. The smallest absolute Gasteiger partial charge is 0.222 e. The van der Waals surface area contributed by atoms with Crippen LogP contribution in [0.15, 0.2) is 18.2 Å². The van der Waals surface area contributed by atoms with Crippen molar-refractivity contribution in [3.8, 4) is 5.75 Å². The van der Waals surface area contributed by atoms with Gasteiger partial charge in [0.25, 0.3) is 0 Å². The fourth-order valence-electron chi connectivity index (χ4n) is 2.26. The van der Waals surface area contributed by atoms with E-state index in [4.69, 9.17) is 10.5 Å². The molecule has 4 nitrogen and oxygen atoms in total. The minimum absolute atomic E-state index is 0. The van der Waals surface area contributed by atoms with Crippen molar-refractivity contribution in [2.24, 2.45) is 5.73 Å². The van der Waals surface area contributed by atoms with Crippen molar-refractivity contribution in [3.05, 3.63) is 29.6 Å². The van der Waals surface area contributed by atoms with Gasteiger partial charge in [-0.1, -0.05) is 12.1 Å². The molecule has 0 bridgehead atoms. The summed E-state index contributed by atoms with van der Waals surface area (Å²) >= 11 is 0. The maximum Gasteiger partial charge on any atom is 0.222 e. The van der Waals surface area contributed by atoms with Gasteiger partial charge in [0.05, 0.1) is 12.6 Å². The van der Waals surface area contributed by atoms with Crippen LogP contribution in [-0.2, 0) is 4.79 Å². The number of hydrogen-bond acceptors (Lipinski definition) is 3. The van der Waals surface area contributed by atoms with Crippen LogP contribution in [0.25, 0.3) is 0 Å². The van der Waals surface area contributed by atoms with E-state index in [-0.39, 0.29) is 48.4 Å². The highest BCUT2D eigenvalue weighted by Crippen LogP contribution is 2.33. The molecular formula is C14H20ClFN2O2. The molecule has 0 fully saturated rings. The fourth-order valence-corrected chi connectivity index (χ4v) is 2.26. The summed E-state index contributed by atoms with van der Waals surface area (Å²) in [7, 11) is 0. The molecule has 112 valence electrons. The van der Waals surface area contributed by atoms with E-state index in [1.165, 1.54) is 6.07 Å². The van der Waals surface area contributed by atoms with Crippen molar-refractivity contribution in [1.82, 2.24) is 5.32 Å². The number of rotatable bonds is 3. The van der Waals surface area contributed by atoms with Crippen molar-refractivity contribution in [2.75, 3.05) is 6.61 Å². The quantitative estimate of drug-likeness (QED) is 0.900. The molecule has 1 heterocycles. The van der Waals surface area contributed by atoms with Gasteiger partial charge >= 0.3 is 0 Å². The number of nitrogens with two attached hydrogens (primary N) is 1. The van der Waals surface area contributed by atoms with E-state index in [0.717, 1.165) is 12.8 Å². The summed E-state index contributed by atoms with van der Waals surface area (Å²) in [5.74, 6) is -0.242. The molecule has 6 heteroatoms. The predicted molar refractivity (Wildman–Crippen MR) is 77.5 cm³/mol. The molecule has 1 aromatic carbocycles. The standard InChI is InChI=1S/C14H19FN2O2.ClH/c1-9(16)8-13(18)17-12-6-3-7-19-14-10(12)4-2-5-11(14)15;/h2,4-5,9,12H,3,6-8,16H2,1H3,(H,17,18);1H. The van der Waals surface area contributed by atoms with Crippen LogP contribution in [0.4, 0.5) is 4.39 Å². The SMILES string of the molecule is CC(N)CC(=O)NC1CCCOc2c(F)cccc21.Cl. The number of amides is 1. The van der Waals surface area contributed by atoms with Crippen molar-refractivity contribution in [1.29, 1.82) is 0 Å². The number of nitrogens with one attached hydrogen (secondary N) is 1. The molecule has 0 saturated carbocycles. The number of hydrogen-bond donors (Lipinski definition) is 2. The zero-order valence-corrected chi connectivity index (χ0v) is 12.2. The maximum atomic E-state index is 13.7. The van der Waals surface area contributed by atoms with Gasteiger partial charge < -0.3 is 15.8 Å². The molecule has 0 aliphatic carbocycles. The van der Waals surface area contributed by atoms with Crippen LogP contribution in [0.1, 0.15) is 37.8 Å². The first-order valence-corrected chi connectivity index (χ1v) is 6.54. The lowest BCUT2D eigenvalue weighted by molar-refractivity contribution is -0.122. The second-order valence-electron chi connectivity index (χ2n) is 4.95. The Kier molecular flexibility index (Phi) is 6.23. The van der Waals surface area contributed by atoms with Gasteiger partial charge in [-0.25, -0.2) is 4.39 Å². The van der Waals surface area contributed by atoms with Gasteiger partial charge in [0.2, 0.25) is 5.91 Å². The molecule has 1 aliphatic rings. The van der Waals surface area contributed by atoms with Crippen LogP contribution >= 0.6 is 12.4 Å². The van der Waals surface area contributed by atoms with Crippen molar-refractivity contribution < 1.29 is 13.9 Å².